The molecule has 0 aliphatic carbocycles. The Balaban J connectivity index is -0.000000245. The summed E-state index contributed by atoms with van der Waals surface area (Å²) in [5.41, 5.74) is 0. The Labute approximate surface area is 119 Å². The zero-order valence-corrected chi connectivity index (χ0v) is 12.9. The van der Waals surface area contributed by atoms with Gasteiger partial charge < -0.3 is 30.2 Å². The van der Waals surface area contributed by atoms with Gasteiger partial charge >= 0.3 is 59.1 Å². The van der Waals surface area contributed by atoms with Crippen LogP contribution in [0.15, 0.2) is 0 Å². The van der Waals surface area contributed by atoms with Gasteiger partial charge in [0.15, 0.2) is 0 Å². The second-order valence-corrected chi connectivity index (χ2v) is 2.72. The van der Waals surface area contributed by atoms with Crippen LogP contribution >= 0.6 is 0 Å². The molecule has 0 radical (unpaired) electrons. The molecule has 0 aliphatic rings. The predicted octanol–water partition coefficient (Wildman–Crippen LogP) is -5.29. The molecule has 10 heavy (non-hydrogen) atoms. The van der Waals surface area contributed by atoms with Gasteiger partial charge in [0.1, 0.15) is 0 Å². The Bertz CT molecular complexity index is 59.6. The van der Waals surface area contributed by atoms with Gasteiger partial charge in [0, 0.05) is 0 Å². The van der Waals surface area contributed by atoms with E-state index in [4.69, 9.17) is 25.3 Å². The van der Waals surface area contributed by atoms with Crippen molar-refractivity contribution < 1.29 is 59.1 Å². The van der Waals surface area contributed by atoms with E-state index in [0.717, 1.165) is 13.1 Å². The van der Waals surface area contributed by atoms with Gasteiger partial charge in [-0.3, -0.25) is 0 Å². The van der Waals surface area contributed by atoms with Crippen LogP contribution in [0.1, 0.15) is 13.8 Å². The average Bonchev–Trinajstić information content (AvgIpc) is 1.69. The Morgan fingerprint density at radius 3 is 1.40 bits per heavy atom. The maximum Gasteiger partial charge on any atom is 1.00 e. The zero-order chi connectivity index (χ0) is 6.57. The van der Waals surface area contributed by atoms with E-state index in [1.165, 1.54) is 0 Å². The summed E-state index contributed by atoms with van der Waals surface area (Å²) in [6.45, 7) is 6.06. The van der Waals surface area contributed by atoms with Crippen LogP contribution in [0.2, 0.25) is 0 Å². The molecule has 0 N–H and O–H groups in total. The average molecular weight is 195 g/mol. The van der Waals surface area contributed by atoms with Crippen molar-refractivity contribution in [3.63, 3.8) is 0 Å². The van der Waals surface area contributed by atoms with Crippen LogP contribution < -0.4 is 59.1 Å². The van der Waals surface area contributed by atoms with Crippen molar-refractivity contribution in [2.75, 3.05) is 13.1 Å². The van der Waals surface area contributed by atoms with Gasteiger partial charge in [-0.25, -0.2) is 4.71 Å². The first-order valence-corrected chi connectivity index (χ1v) is 3.72. The van der Waals surface area contributed by atoms with Crippen LogP contribution in [-0.4, -0.2) is 22.7 Å². The van der Waals surface area contributed by atoms with E-state index in [0.29, 0.717) is 0 Å². The Morgan fingerprint density at radius 1 is 1.10 bits per heavy atom. The van der Waals surface area contributed by atoms with E-state index in [9.17, 15) is 0 Å². The number of nitrogens with zero attached hydrogens (tertiary/aromatic N) is 1. The zero-order valence-electron chi connectivity index (χ0n) is 7.26. The largest absolute Gasteiger partial charge is 1.00 e. The van der Waals surface area contributed by atoms with Crippen LogP contribution in [0.5, 0.6) is 0 Å². The van der Waals surface area contributed by atoms with E-state index < -0.39 is 0 Å². The topological polar surface area (TPSA) is 3.24 Å². The summed E-state index contributed by atoms with van der Waals surface area (Å²) < 4.78 is -0.120. The number of hydrogen-bond donors (Lipinski definition) is 0. The molecule has 0 rings (SSSR count). The van der Waals surface area contributed by atoms with E-state index in [2.05, 4.69) is 13.8 Å². The van der Waals surface area contributed by atoms with Crippen molar-refractivity contribution in [3.05, 3.63) is 0 Å². The fraction of sp³-hybridized carbons (Fsp3) is 1.00. The van der Waals surface area contributed by atoms with Crippen molar-refractivity contribution in [3.8, 4) is 0 Å². The Morgan fingerprint density at radius 2 is 1.40 bits per heavy atom. The van der Waals surface area contributed by atoms with E-state index in [-0.39, 0.29) is 63.8 Å². The van der Waals surface area contributed by atoms with E-state index in [1.54, 1.807) is 0 Å². The van der Waals surface area contributed by atoms with Crippen LogP contribution in [0.4, 0.5) is 0 Å². The first-order chi connectivity index (χ1) is 3.72. The predicted molar refractivity (Wildman–Crippen MR) is 41.4 cm³/mol. The summed E-state index contributed by atoms with van der Waals surface area (Å²) >= 11 is 9.68. The third-order valence-corrected chi connectivity index (χ3v) is 1.71. The van der Waals surface area contributed by atoms with Crippen LogP contribution in [0.25, 0.3) is 0 Å². The van der Waals surface area contributed by atoms with Gasteiger partial charge in [0.25, 0.3) is 0 Å². The molecular weight excluding hydrogens is 184 g/mol. The monoisotopic (exact) mass is 195 g/mol. The minimum atomic E-state index is -0.120. The summed E-state index contributed by atoms with van der Waals surface area (Å²) in [6, 6.07) is 0. The summed E-state index contributed by atoms with van der Waals surface area (Å²) in [5, 5.41) is 0. The molecule has 0 aromatic rings. The maximum atomic E-state index is 4.84. The van der Waals surface area contributed by atoms with Crippen molar-refractivity contribution >= 4 is 25.3 Å². The minimum absolute atomic E-state index is 0. The van der Waals surface area contributed by atoms with Gasteiger partial charge in [0.05, 0.1) is 0 Å². The van der Waals surface area contributed by atoms with Gasteiger partial charge in [-0.2, -0.15) is 0 Å². The summed E-state index contributed by atoms with van der Waals surface area (Å²) in [4.78, 5) is 2.05. The molecule has 0 atom stereocenters. The molecule has 0 unspecified atom stereocenters. The fourth-order valence-electron chi connectivity index (χ4n) is 0.522. The molecule has 0 spiro atoms. The van der Waals surface area contributed by atoms with Crippen molar-refractivity contribution in [1.29, 1.82) is 0 Å². The third-order valence-electron chi connectivity index (χ3n) is 1.11. The number of rotatable bonds is 3. The molecule has 0 saturated heterocycles. The van der Waals surface area contributed by atoms with Crippen molar-refractivity contribution in [2.24, 2.45) is 0 Å². The smallest absolute Gasteiger partial charge is 0.800 e. The fourth-order valence-corrected chi connectivity index (χ4v) is 1.12. The normalized spacial score (nSPS) is 9.00. The Hall–Kier alpha value is 2.66. The molecule has 0 amide bonds. The van der Waals surface area contributed by atoms with Gasteiger partial charge in [-0.1, -0.05) is 13.8 Å². The van der Waals surface area contributed by atoms with Gasteiger partial charge in [0.2, 0.25) is 0 Å². The third kappa shape index (κ3) is 8.75. The molecule has 0 heterocycles. The molecule has 0 aromatic carbocycles. The molecule has 50 valence electrons. The van der Waals surface area contributed by atoms with Gasteiger partial charge in [-0.15, -0.1) is 0 Å². The number of hydrogen-bond acceptors (Lipinski definition) is 3. The van der Waals surface area contributed by atoms with Gasteiger partial charge in [-0.05, 0) is 13.1 Å². The molecular formula is C5H11NNa2S2. The minimum Gasteiger partial charge on any atom is -0.800 e. The standard InChI is InChI=1S/C5H13NS2.2Na/c1-3-6(4-2)5(7)8;;/h5,7-8H,3-4H2,1-2H3;;/q;2*+1/p-2. The SMILES string of the molecule is CCN(CC)C([S-])[S-].[Na+].[Na+]. The molecule has 1 nitrogen and oxygen atoms in total. The summed E-state index contributed by atoms with van der Waals surface area (Å²) in [5.74, 6) is 0. The summed E-state index contributed by atoms with van der Waals surface area (Å²) in [6.07, 6.45) is 0. The molecule has 0 aromatic heterocycles. The molecule has 0 fully saturated rings. The molecule has 0 saturated carbocycles. The van der Waals surface area contributed by atoms with E-state index in [1.807, 2.05) is 4.90 Å². The molecule has 5 heteroatoms. The van der Waals surface area contributed by atoms with Crippen molar-refractivity contribution in [2.45, 2.75) is 18.6 Å². The second kappa shape index (κ2) is 11.7. The van der Waals surface area contributed by atoms with Crippen LogP contribution in [0, 0.1) is 0 Å². The maximum absolute atomic E-state index is 4.84. The summed E-state index contributed by atoms with van der Waals surface area (Å²) in [7, 11) is 0. The second-order valence-electron chi connectivity index (χ2n) is 1.53. The quantitative estimate of drug-likeness (QED) is 0.327. The Kier molecular flexibility index (Phi) is 21.5. The van der Waals surface area contributed by atoms with E-state index >= 15 is 0 Å². The van der Waals surface area contributed by atoms with Crippen molar-refractivity contribution in [1.82, 2.24) is 4.90 Å². The molecule has 0 bridgehead atoms. The molecule has 0 aliphatic heterocycles. The van der Waals surface area contributed by atoms with Crippen LogP contribution in [-0.2, 0) is 25.3 Å². The van der Waals surface area contributed by atoms with Crippen LogP contribution in [0.3, 0.4) is 0 Å². The first-order valence-electron chi connectivity index (χ1n) is 2.78. The first kappa shape index (κ1) is 18.4.